The van der Waals surface area contributed by atoms with Gasteiger partial charge >= 0.3 is 38.1 Å². The van der Waals surface area contributed by atoms with E-state index in [0.29, 0.717) is 60.1 Å². The molecule has 0 unspecified atom stereocenters. The SMILES string of the molecule is C[C@H]1COc2c(N3CCN(C)CC3)c(F)cc3c(=O)c(C(=O)O)cn1c23.C[C@H]1COc2c(N3CCN(C)CC3)c(F)cc3c(=O)c(C(=O)O)cn1c23.[Bi+3].c1cnc2c(c1)ccc1cccnc12. The van der Waals surface area contributed by atoms with Crippen molar-refractivity contribution in [2.45, 2.75) is 25.9 Å². The van der Waals surface area contributed by atoms with Crippen LogP contribution in [0.3, 0.4) is 0 Å². The molecule has 2 saturated heterocycles. The molecule has 19 heteroatoms. The molecule has 0 amide bonds. The van der Waals surface area contributed by atoms with Gasteiger partial charge in [-0.05, 0) is 52.2 Å². The molecular weight excluding hydrogens is 1060 g/mol. The van der Waals surface area contributed by atoms with Crippen molar-refractivity contribution >= 4 is 93.1 Å². The summed E-state index contributed by atoms with van der Waals surface area (Å²) in [6.07, 6.45) is 6.29. The second-order valence-corrected chi connectivity index (χ2v) is 17.1. The predicted octanol–water partition coefficient (Wildman–Crippen LogP) is 5.49. The van der Waals surface area contributed by atoms with Gasteiger partial charge in [-0.3, -0.25) is 19.6 Å². The summed E-state index contributed by atoms with van der Waals surface area (Å²) >= 11 is 0. The molecule has 2 N–H and O–H groups in total. The number of carbonyl (C=O) groups is 2. The van der Waals surface area contributed by atoms with Crippen LogP contribution in [0.1, 0.15) is 46.6 Å². The number of hydrogen-bond donors (Lipinski definition) is 2. The zero-order valence-electron chi connectivity index (χ0n) is 37.3. The number of nitrogens with zero attached hydrogens (tertiary/aromatic N) is 8. The Labute approximate surface area is 401 Å². The van der Waals surface area contributed by atoms with E-state index in [1.165, 1.54) is 12.4 Å². The Hall–Kier alpha value is -6.30. The molecule has 11 rings (SSSR count). The zero-order chi connectivity index (χ0) is 46.6. The number of carboxylic acid groups (broad SMARTS) is 2. The Balaban J connectivity index is 0.000000141. The van der Waals surface area contributed by atoms with Crippen LogP contribution in [0.25, 0.3) is 43.6 Å². The summed E-state index contributed by atoms with van der Waals surface area (Å²) in [5.41, 5.74) is 1.51. The largest absolute Gasteiger partial charge is 3.00 e. The van der Waals surface area contributed by atoms with E-state index in [4.69, 9.17) is 9.47 Å². The molecule has 2 fully saturated rings. The summed E-state index contributed by atoms with van der Waals surface area (Å²) in [4.78, 5) is 64.9. The van der Waals surface area contributed by atoms with Gasteiger partial charge < -0.3 is 48.4 Å². The number of aromatic carboxylic acids is 2. The molecular formula is C48H48BiF2N8O8+3. The van der Waals surface area contributed by atoms with Gasteiger partial charge in [0, 0.05) is 87.9 Å². The van der Waals surface area contributed by atoms with Crippen LogP contribution in [0, 0.1) is 11.6 Å². The third-order valence-corrected chi connectivity index (χ3v) is 12.7. The predicted molar refractivity (Wildman–Crippen MR) is 253 cm³/mol. The third kappa shape index (κ3) is 8.75. The fourth-order valence-corrected chi connectivity index (χ4v) is 9.06. The van der Waals surface area contributed by atoms with Gasteiger partial charge in [0.2, 0.25) is 10.9 Å². The van der Waals surface area contributed by atoms with Crippen LogP contribution in [0.15, 0.2) is 82.9 Å². The van der Waals surface area contributed by atoms with Crippen LogP contribution in [0.5, 0.6) is 11.5 Å². The fourth-order valence-electron chi connectivity index (χ4n) is 9.06. The van der Waals surface area contributed by atoms with E-state index in [9.17, 15) is 38.2 Å². The molecule has 7 aromatic rings. The maximum atomic E-state index is 15.0. The van der Waals surface area contributed by atoms with E-state index in [1.54, 1.807) is 21.5 Å². The van der Waals surface area contributed by atoms with Crippen molar-refractivity contribution in [3.05, 3.63) is 117 Å². The first kappa shape index (κ1) is 47.2. The number of halogens is 2. The van der Waals surface area contributed by atoms with E-state index in [0.717, 1.165) is 60.1 Å². The number of rotatable bonds is 4. The number of hydrogen-bond acceptors (Lipinski definition) is 12. The van der Waals surface area contributed by atoms with Gasteiger partial charge in [-0.25, -0.2) is 18.4 Å². The van der Waals surface area contributed by atoms with Crippen molar-refractivity contribution in [2.24, 2.45) is 0 Å². The molecule has 4 aromatic heterocycles. The molecule has 0 saturated carbocycles. The number of pyridine rings is 4. The Bertz CT molecular complexity index is 2990. The van der Waals surface area contributed by atoms with Gasteiger partial charge in [0.25, 0.3) is 0 Å². The molecule has 0 aliphatic carbocycles. The summed E-state index contributed by atoms with van der Waals surface area (Å²) in [6.45, 7) is 10.2. The first-order valence-electron chi connectivity index (χ1n) is 21.7. The van der Waals surface area contributed by atoms with E-state index in [-0.39, 0.29) is 73.4 Å². The second-order valence-electron chi connectivity index (χ2n) is 17.1. The fraction of sp³-hybridized carbons (Fsp3) is 0.333. The van der Waals surface area contributed by atoms with Gasteiger partial charge in [0.1, 0.15) is 35.7 Å². The van der Waals surface area contributed by atoms with Gasteiger partial charge in [-0.2, -0.15) is 0 Å². The monoisotopic (exact) mass is 1110 g/mol. The first-order chi connectivity index (χ1) is 31.7. The normalized spacial score (nSPS) is 18.0. The number of ether oxygens (including phenoxy) is 2. The average molecular weight is 1110 g/mol. The van der Waals surface area contributed by atoms with Crippen molar-refractivity contribution in [3.8, 4) is 11.5 Å². The van der Waals surface area contributed by atoms with Crippen LogP contribution >= 0.6 is 0 Å². The van der Waals surface area contributed by atoms with Crippen LogP contribution in [-0.4, -0.2) is 157 Å². The van der Waals surface area contributed by atoms with Crippen molar-refractivity contribution in [1.29, 1.82) is 0 Å². The van der Waals surface area contributed by atoms with Crippen LogP contribution < -0.4 is 30.1 Å². The van der Waals surface area contributed by atoms with Crippen molar-refractivity contribution < 1.29 is 38.1 Å². The number of fused-ring (bicyclic) bond motifs is 3. The van der Waals surface area contributed by atoms with E-state index >= 15 is 0 Å². The maximum Gasteiger partial charge on any atom is 3.00 e. The summed E-state index contributed by atoms with van der Waals surface area (Å²) in [6, 6.07) is 14.1. The Morgan fingerprint density at radius 1 is 0.627 bits per heavy atom. The molecule has 2 radical (unpaired) electrons. The summed E-state index contributed by atoms with van der Waals surface area (Å²) < 4.78 is 45.1. The van der Waals surface area contributed by atoms with Gasteiger partial charge in [0.15, 0.2) is 23.1 Å². The van der Waals surface area contributed by atoms with Crippen molar-refractivity contribution in [2.75, 3.05) is 89.5 Å². The second kappa shape index (κ2) is 19.1. The van der Waals surface area contributed by atoms with Crippen LogP contribution in [0.2, 0.25) is 0 Å². The molecule has 0 bridgehead atoms. The average Bonchev–Trinajstić information content (AvgIpc) is 3.31. The van der Waals surface area contributed by atoms with E-state index in [1.807, 2.05) is 49.9 Å². The Morgan fingerprint density at radius 2 is 1.00 bits per heavy atom. The smallest absolute Gasteiger partial charge is 0.487 e. The van der Waals surface area contributed by atoms with Crippen LogP contribution in [0.4, 0.5) is 20.2 Å². The van der Waals surface area contributed by atoms with Gasteiger partial charge in [0.05, 0.1) is 44.9 Å². The minimum Gasteiger partial charge on any atom is -0.487 e. The van der Waals surface area contributed by atoms with E-state index in [2.05, 4.69) is 44.0 Å². The summed E-state index contributed by atoms with van der Waals surface area (Å²) in [5, 5.41) is 21.0. The summed E-state index contributed by atoms with van der Waals surface area (Å²) in [5.74, 6) is -3.09. The standard InChI is InChI=1S/2C18H20FN3O4.C12H8N2.Bi/c2*1-10-9-26-17-14-11(16(23)12(18(24)25)8-22(10)14)7-13(19)15(17)21-5-3-20(2)4-6-21;1-3-9-5-6-10-4-2-8-14-12(10)11(9)13-7-1;/h2*7-8,10H,3-6,9H2,1-2H3,(H,24,25);1-8H;/q;;;+3/t2*10-;;/m00../s1. The van der Waals surface area contributed by atoms with E-state index < -0.39 is 34.4 Å². The maximum absolute atomic E-state index is 15.0. The van der Waals surface area contributed by atoms with Gasteiger partial charge in [-0.15, -0.1) is 0 Å². The summed E-state index contributed by atoms with van der Waals surface area (Å²) in [7, 11) is 4.03. The zero-order valence-corrected chi connectivity index (χ0v) is 40.8. The topological polar surface area (TPSA) is 176 Å². The third-order valence-electron chi connectivity index (χ3n) is 12.7. The molecule has 16 nitrogen and oxygen atoms in total. The number of carboxylic acids is 2. The number of anilines is 2. The molecule has 2 atom stereocenters. The number of piperazine rings is 2. The number of likely N-dealkylation sites (N-methyl/N-ethyl adjacent to an activating group) is 2. The molecule has 67 heavy (non-hydrogen) atoms. The molecule has 3 aromatic carbocycles. The molecule has 0 spiro atoms. The molecule has 4 aliphatic rings. The quantitative estimate of drug-likeness (QED) is 0.167. The van der Waals surface area contributed by atoms with Gasteiger partial charge in [-0.1, -0.05) is 24.3 Å². The first-order valence-corrected chi connectivity index (χ1v) is 21.7. The molecule has 344 valence electrons. The molecule has 4 aliphatic heterocycles. The number of aromatic nitrogens is 4. The number of benzene rings is 3. The minimum atomic E-state index is -1.32. The Kier molecular flexibility index (Phi) is 13.5. The molecule has 8 heterocycles. The Morgan fingerprint density at radius 3 is 1.36 bits per heavy atom. The van der Waals surface area contributed by atoms with Crippen molar-refractivity contribution in [3.63, 3.8) is 0 Å². The van der Waals surface area contributed by atoms with Crippen LogP contribution in [-0.2, 0) is 0 Å². The minimum absolute atomic E-state index is 0. The van der Waals surface area contributed by atoms with Crippen molar-refractivity contribution in [1.82, 2.24) is 28.9 Å².